The molecule has 2 aromatic heterocycles. The van der Waals surface area contributed by atoms with Crippen LogP contribution >= 0.6 is 0 Å². The van der Waals surface area contributed by atoms with Crippen LogP contribution in [0.25, 0.3) is 0 Å². The number of benzene rings is 1. The van der Waals surface area contributed by atoms with Crippen molar-refractivity contribution in [3.8, 4) is 0 Å². The van der Waals surface area contributed by atoms with Gasteiger partial charge in [0, 0.05) is 19.7 Å². The molecule has 0 atom stereocenters. The Morgan fingerprint density at radius 1 is 1.23 bits per heavy atom. The van der Waals surface area contributed by atoms with Crippen LogP contribution in [0, 0.1) is 0 Å². The number of carbonyl (C=O) groups is 1. The average Bonchev–Trinajstić information content (AvgIpc) is 3.51. The number of anilines is 3. The number of hydrogen-bond acceptors (Lipinski definition) is 7. The first kappa shape index (κ1) is 24.3. The van der Waals surface area contributed by atoms with E-state index >= 15 is 0 Å². The fourth-order valence-electron chi connectivity index (χ4n) is 4.51. The maximum absolute atomic E-state index is 13.2. The zero-order valence-electron chi connectivity index (χ0n) is 19.8. The summed E-state index contributed by atoms with van der Waals surface area (Å²) in [6, 6.07) is 11.5. The lowest BCUT2D eigenvalue weighted by Gasteiger charge is -2.26. The Morgan fingerprint density at radius 2 is 1.97 bits per heavy atom. The van der Waals surface area contributed by atoms with Gasteiger partial charge >= 0.3 is 5.69 Å². The predicted molar refractivity (Wildman–Crippen MR) is 133 cm³/mol. The lowest BCUT2D eigenvalue weighted by atomic mass is 10.2. The Labute approximate surface area is 202 Å². The molecule has 1 aliphatic rings. The lowest BCUT2D eigenvalue weighted by molar-refractivity contribution is -0.115. The summed E-state index contributed by atoms with van der Waals surface area (Å²) in [4.78, 5) is 42.3. The van der Waals surface area contributed by atoms with Crippen LogP contribution in [0.3, 0.4) is 0 Å². The molecule has 2 heterocycles. The second-order valence-electron chi connectivity index (χ2n) is 8.63. The summed E-state index contributed by atoms with van der Waals surface area (Å²) in [6.07, 6.45) is 6.01. The van der Waals surface area contributed by atoms with E-state index in [1.54, 1.807) is 17.2 Å². The standard InChI is InChI=1S/C24H31N7O4/c1-35-14-13-30-22(25)21(23(33)28-24(30)34)29(15-17-7-3-2-4-8-17)16-20(32)27-19-11-12-26-31(19)18-9-5-6-10-18/h2-4,7-8,11-12,18H,5-6,9-10,13-16,25H2,1H3,(H,27,32)(H,28,33,34). The molecule has 0 radical (unpaired) electrons. The van der Waals surface area contributed by atoms with E-state index in [1.165, 1.54) is 11.7 Å². The van der Waals surface area contributed by atoms with Gasteiger partial charge in [0.2, 0.25) is 5.91 Å². The second kappa shape index (κ2) is 11.0. The number of rotatable bonds is 10. The molecule has 0 spiro atoms. The molecule has 0 saturated heterocycles. The molecule has 0 bridgehead atoms. The molecule has 1 aromatic carbocycles. The highest BCUT2D eigenvalue weighted by molar-refractivity contribution is 5.93. The molecule has 35 heavy (non-hydrogen) atoms. The number of nitrogens with zero attached hydrogens (tertiary/aromatic N) is 4. The van der Waals surface area contributed by atoms with Crippen molar-refractivity contribution in [2.24, 2.45) is 0 Å². The van der Waals surface area contributed by atoms with Crippen LogP contribution in [0.15, 0.2) is 52.2 Å². The minimum Gasteiger partial charge on any atom is -0.383 e. The zero-order chi connectivity index (χ0) is 24.8. The third kappa shape index (κ3) is 5.62. The number of H-pyrrole nitrogens is 1. The molecule has 1 amide bonds. The number of ether oxygens (including phenoxy) is 1. The minimum atomic E-state index is -0.652. The molecule has 3 aromatic rings. The van der Waals surface area contributed by atoms with Gasteiger partial charge in [-0.15, -0.1) is 0 Å². The summed E-state index contributed by atoms with van der Waals surface area (Å²) in [6.45, 7) is 0.489. The van der Waals surface area contributed by atoms with E-state index in [0.717, 1.165) is 31.2 Å². The fourth-order valence-corrected chi connectivity index (χ4v) is 4.51. The highest BCUT2D eigenvalue weighted by atomic mass is 16.5. The largest absolute Gasteiger partial charge is 0.383 e. The summed E-state index contributed by atoms with van der Waals surface area (Å²) < 4.78 is 8.17. The smallest absolute Gasteiger partial charge is 0.330 e. The van der Waals surface area contributed by atoms with Crippen molar-refractivity contribution >= 4 is 23.2 Å². The van der Waals surface area contributed by atoms with Gasteiger partial charge in [0.15, 0.2) is 0 Å². The van der Waals surface area contributed by atoms with Crippen molar-refractivity contribution in [1.29, 1.82) is 0 Å². The number of methoxy groups -OCH3 is 1. The Bertz CT molecular complexity index is 1260. The summed E-state index contributed by atoms with van der Waals surface area (Å²) in [7, 11) is 1.51. The number of nitrogens with one attached hydrogen (secondary N) is 2. The van der Waals surface area contributed by atoms with E-state index in [2.05, 4.69) is 15.4 Å². The van der Waals surface area contributed by atoms with E-state index in [1.807, 2.05) is 35.0 Å². The first-order valence-electron chi connectivity index (χ1n) is 11.7. The Hall–Kier alpha value is -3.86. The van der Waals surface area contributed by atoms with Gasteiger partial charge in [0.25, 0.3) is 5.56 Å². The second-order valence-corrected chi connectivity index (χ2v) is 8.63. The average molecular weight is 482 g/mol. The topological polar surface area (TPSA) is 140 Å². The minimum absolute atomic E-state index is 0.0180. The van der Waals surface area contributed by atoms with Crippen LogP contribution in [-0.2, 0) is 22.6 Å². The summed E-state index contributed by atoms with van der Waals surface area (Å²) in [5.41, 5.74) is 5.96. The molecule has 186 valence electrons. The maximum atomic E-state index is 13.2. The summed E-state index contributed by atoms with van der Waals surface area (Å²) >= 11 is 0. The highest BCUT2D eigenvalue weighted by Gasteiger charge is 2.24. The van der Waals surface area contributed by atoms with Gasteiger partial charge in [-0.1, -0.05) is 43.2 Å². The summed E-state index contributed by atoms with van der Waals surface area (Å²) in [5, 5.41) is 7.33. The number of nitrogen functional groups attached to an aromatic ring is 1. The van der Waals surface area contributed by atoms with Gasteiger partial charge in [0.05, 0.1) is 31.9 Å². The Kier molecular flexibility index (Phi) is 7.66. The molecule has 1 aliphatic carbocycles. The van der Waals surface area contributed by atoms with Crippen molar-refractivity contribution in [2.45, 2.75) is 44.8 Å². The van der Waals surface area contributed by atoms with Crippen LogP contribution in [0.1, 0.15) is 37.3 Å². The fraction of sp³-hybridized carbons (Fsp3) is 0.417. The quantitative estimate of drug-likeness (QED) is 0.400. The third-order valence-electron chi connectivity index (χ3n) is 6.21. The molecule has 0 unspecified atom stereocenters. The number of carbonyl (C=O) groups excluding carboxylic acids is 1. The van der Waals surface area contributed by atoms with Crippen molar-refractivity contribution in [2.75, 3.05) is 36.2 Å². The molecule has 11 heteroatoms. The number of nitrogens with two attached hydrogens (primary N) is 1. The molecule has 4 rings (SSSR count). The van der Waals surface area contributed by atoms with E-state index in [-0.39, 0.29) is 49.7 Å². The van der Waals surface area contributed by atoms with Gasteiger partial charge in [-0.05, 0) is 18.4 Å². The van der Waals surface area contributed by atoms with Crippen LogP contribution in [0.4, 0.5) is 17.3 Å². The highest BCUT2D eigenvalue weighted by Crippen LogP contribution is 2.31. The number of amides is 1. The molecular formula is C24H31N7O4. The molecule has 1 saturated carbocycles. The number of aromatic nitrogens is 4. The summed E-state index contributed by atoms with van der Waals surface area (Å²) in [5.74, 6) is 0.276. The van der Waals surface area contributed by atoms with Crippen molar-refractivity contribution in [1.82, 2.24) is 19.3 Å². The zero-order valence-corrected chi connectivity index (χ0v) is 19.8. The van der Waals surface area contributed by atoms with Gasteiger partial charge in [0.1, 0.15) is 17.3 Å². The Balaban J connectivity index is 1.63. The molecular weight excluding hydrogens is 450 g/mol. The van der Waals surface area contributed by atoms with Gasteiger partial charge < -0.3 is 20.7 Å². The van der Waals surface area contributed by atoms with Crippen molar-refractivity contribution < 1.29 is 9.53 Å². The Morgan fingerprint density at radius 3 is 2.69 bits per heavy atom. The van der Waals surface area contributed by atoms with E-state index < -0.39 is 11.2 Å². The van der Waals surface area contributed by atoms with Crippen LogP contribution in [0.2, 0.25) is 0 Å². The maximum Gasteiger partial charge on any atom is 0.330 e. The van der Waals surface area contributed by atoms with Gasteiger partial charge in [-0.3, -0.25) is 19.1 Å². The number of hydrogen-bond donors (Lipinski definition) is 3. The lowest BCUT2D eigenvalue weighted by Crippen LogP contribution is -2.41. The van der Waals surface area contributed by atoms with Crippen molar-refractivity contribution in [3.05, 3.63) is 69.0 Å². The predicted octanol–water partition coefficient (Wildman–Crippen LogP) is 1.72. The SMILES string of the molecule is COCCn1c(N)c(N(CC(=O)Nc2ccnn2C2CCCC2)Cc2ccccc2)c(=O)[nH]c1=O. The normalized spacial score (nSPS) is 13.7. The van der Waals surface area contributed by atoms with E-state index in [0.29, 0.717) is 5.82 Å². The first-order valence-corrected chi connectivity index (χ1v) is 11.7. The van der Waals surface area contributed by atoms with E-state index in [4.69, 9.17) is 10.5 Å². The molecule has 0 aliphatic heterocycles. The first-order chi connectivity index (χ1) is 17.0. The van der Waals surface area contributed by atoms with Crippen molar-refractivity contribution in [3.63, 3.8) is 0 Å². The molecule has 1 fully saturated rings. The van der Waals surface area contributed by atoms with Crippen LogP contribution in [-0.4, -0.2) is 45.5 Å². The van der Waals surface area contributed by atoms with E-state index in [9.17, 15) is 14.4 Å². The van der Waals surface area contributed by atoms with Crippen LogP contribution in [0.5, 0.6) is 0 Å². The molecule has 11 nitrogen and oxygen atoms in total. The number of aromatic amines is 1. The monoisotopic (exact) mass is 481 g/mol. The van der Waals surface area contributed by atoms with Gasteiger partial charge in [-0.25, -0.2) is 9.48 Å². The van der Waals surface area contributed by atoms with Crippen LogP contribution < -0.4 is 27.2 Å². The molecule has 4 N–H and O–H groups in total. The van der Waals surface area contributed by atoms with Gasteiger partial charge in [-0.2, -0.15) is 5.10 Å². The third-order valence-corrected chi connectivity index (χ3v) is 6.21.